The number of nitrogen functional groups attached to an aromatic ring is 1. The van der Waals surface area contributed by atoms with Gasteiger partial charge in [0.25, 0.3) is 5.91 Å². The van der Waals surface area contributed by atoms with Crippen LogP contribution in [0.4, 0.5) is 22.7 Å². The lowest BCUT2D eigenvalue weighted by atomic mass is 10.1. The van der Waals surface area contributed by atoms with Crippen LogP contribution >= 0.6 is 0 Å². The van der Waals surface area contributed by atoms with Crippen molar-refractivity contribution in [3.8, 4) is 0 Å². The molecule has 0 radical (unpaired) electrons. The Kier molecular flexibility index (Phi) is 3.17. The highest BCUT2D eigenvalue weighted by atomic mass is 16.1. The number of carbonyl (C=O) groups is 1. The molecule has 0 fully saturated rings. The van der Waals surface area contributed by atoms with Crippen LogP contribution in [-0.2, 0) is 0 Å². The number of rotatable bonds is 2. The van der Waals surface area contributed by atoms with Crippen molar-refractivity contribution in [2.24, 2.45) is 5.73 Å². The number of hydrogen-bond donors (Lipinski definition) is 2. The largest absolute Gasteiger partial charge is 0.399 e. The molecule has 5 heteroatoms. The summed E-state index contributed by atoms with van der Waals surface area (Å²) in [6.07, 6.45) is 0. The minimum absolute atomic E-state index is 0.443. The molecule has 1 amide bonds. The molecule has 5 nitrogen and oxygen atoms in total. The molecule has 0 saturated heterocycles. The molecule has 4 N–H and O–H groups in total. The topological polar surface area (TPSA) is 75.6 Å². The molecule has 3 rings (SSSR count). The van der Waals surface area contributed by atoms with Gasteiger partial charge in [-0.1, -0.05) is 12.1 Å². The Morgan fingerprint density at radius 3 is 2.48 bits per heavy atom. The molecule has 0 unspecified atom stereocenters. The first-order valence-electron chi connectivity index (χ1n) is 6.85. The summed E-state index contributed by atoms with van der Waals surface area (Å²) in [7, 11) is 2.06. The Balaban J connectivity index is 2.16. The molecule has 21 heavy (non-hydrogen) atoms. The third kappa shape index (κ3) is 2.27. The van der Waals surface area contributed by atoms with E-state index in [-0.39, 0.29) is 0 Å². The van der Waals surface area contributed by atoms with Crippen LogP contribution in [-0.4, -0.2) is 26.0 Å². The van der Waals surface area contributed by atoms with Crippen molar-refractivity contribution in [3.05, 3.63) is 48.0 Å². The average Bonchev–Trinajstić information content (AvgIpc) is 2.47. The molecule has 0 aromatic heterocycles. The Hall–Kier alpha value is -2.69. The minimum atomic E-state index is -0.443. The molecule has 1 aliphatic heterocycles. The van der Waals surface area contributed by atoms with E-state index >= 15 is 0 Å². The van der Waals surface area contributed by atoms with Crippen LogP contribution in [0.25, 0.3) is 0 Å². The van der Waals surface area contributed by atoms with Crippen molar-refractivity contribution in [1.29, 1.82) is 0 Å². The molecule has 2 aromatic carbocycles. The maximum atomic E-state index is 11.7. The predicted octanol–water partition coefficient (Wildman–Crippen LogP) is 1.96. The van der Waals surface area contributed by atoms with Crippen LogP contribution in [0.5, 0.6) is 0 Å². The van der Waals surface area contributed by atoms with Crippen LogP contribution in [0, 0.1) is 0 Å². The number of carbonyl (C=O) groups excluding carboxylic acids is 1. The van der Waals surface area contributed by atoms with E-state index in [1.54, 1.807) is 12.1 Å². The molecular formula is C16H18N4O. The number of para-hydroxylation sites is 2. The van der Waals surface area contributed by atoms with Crippen LogP contribution in [0.1, 0.15) is 10.4 Å². The van der Waals surface area contributed by atoms with Gasteiger partial charge in [0.1, 0.15) is 0 Å². The first kappa shape index (κ1) is 13.3. The number of anilines is 4. The van der Waals surface area contributed by atoms with E-state index in [4.69, 9.17) is 11.5 Å². The van der Waals surface area contributed by atoms with Crippen molar-refractivity contribution in [3.63, 3.8) is 0 Å². The van der Waals surface area contributed by atoms with Gasteiger partial charge in [-0.2, -0.15) is 0 Å². The summed E-state index contributed by atoms with van der Waals surface area (Å²) in [5, 5.41) is 0. The zero-order valence-corrected chi connectivity index (χ0v) is 11.9. The lowest BCUT2D eigenvalue weighted by molar-refractivity contribution is 0.100. The second-order valence-corrected chi connectivity index (χ2v) is 5.20. The molecular weight excluding hydrogens is 264 g/mol. The maximum Gasteiger partial charge on any atom is 0.250 e. The highest BCUT2D eigenvalue weighted by molar-refractivity contribution is 6.01. The van der Waals surface area contributed by atoms with E-state index in [1.807, 2.05) is 24.3 Å². The first-order chi connectivity index (χ1) is 10.1. The van der Waals surface area contributed by atoms with Gasteiger partial charge in [-0.3, -0.25) is 4.79 Å². The minimum Gasteiger partial charge on any atom is -0.399 e. The fourth-order valence-electron chi connectivity index (χ4n) is 2.74. The Morgan fingerprint density at radius 1 is 1.05 bits per heavy atom. The predicted molar refractivity (Wildman–Crippen MR) is 86.1 cm³/mol. The molecule has 2 aromatic rings. The summed E-state index contributed by atoms with van der Waals surface area (Å²) in [6.45, 7) is 1.64. The SMILES string of the molecule is CN1CCN(c2cc(N)ccc2C(N)=O)c2ccccc21. The second kappa shape index (κ2) is 5.01. The third-order valence-corrected chi connectivity index (χ3v) is 3.82. The first-order valence-corrected chi connectivity index (χ1v) is 6.85. The van der Waals surface area contributed by atoms with Gasteiger partial charge in [0.15, 0.2) is 0 Å². The lowest BCUT2D eigenvalue weighted by Gasteiger charge is -2.37. The molecule has 0 saturated carbocycles. The Bertz CT molecular complexity index is 698. The number of amides is 1. The molecule has 0 spiro atoms. The van der Waals surface area contributed by atoms with Gasteiger partial charge >= 0.3 is 0 Å². The normalized spacial score (nSPS) is 14.0. The smallest absolute Gasteiger partial charge is 0.250 e. The zero-order chi connectivity index (χ0) is 15.0. The van der Waals surface area contributed by atoms with Crippen molar-refractivity contribution in [2.75, 3.05) is 35.7 Å². The monoisotopic (exact) mass is 282 g/mol. The molecule has 0 aliphatic carbocycles. The van der Waals surface area contributed by atoms with E-state index in [0.717, 1.165) is 30.2 Å². The van der Waals surface area contributed by atoms with Crippen LogP contribution < -0.4 is 21.3 Å². The number of nitrogens with two attached hydrogens (primary N) is 2. The molecule has 1 aliphatic rings. The maximum absolute atomic E-state index is 11.7. The van der Waals surface area contributed by atoms with Crippen LogP contribution in [0.3, 0.4) is 0 Å². The summed E-state index contributed by atoms with van der Waals surface area (Å²) < 4.78 is 0. The van der Waals surface area contributed by atoms with Gasteiger partial charge < -0.3 is 21.3 Å². The Morgan fingerprint density at radius 2 is 1.76 bits per heavy atom. The van der Waals surface area contributed by atoms with E-state index < -0.39 is 5.91 Å². The summed E-state index contributed by atoms with van der Waals surface area (Å²) in [6, 6.07) is 13.3. The fraction of sp³-hybridized carbons (Fsp3) is 0.188. The fourth-order valence-corrected chi connectivity index (χ4v) is 2.74. The average molecular weight is 282 g/mol. The van der Waals surface area contributed by atoms with E-state index in [2.05, 4.69) is 22.9 Å². The van der Waals surface area contributed by atoms with Gasteiger partial charge in [-0.25, -0.2) is 0 Å². The number of primary amides is 1. The van der Waals surface area contributed by atoms with Gasteiger partial charge in [-0.15, -0.1) is 0 Å². The van der Waals surface area contributed by atoms with Crippen molar-refractivity contribution in [1.82, 2.24) is 0 Å². The highest BCUT2D eigenvalue weighted by Crippen LogP contribution is 2.38. The lowest BCUT2D eigenvalue weighted by Crippen LogP contribution is -2.37. The zero-order valence-electron chi connectivity index (χ0n) is 11.9. The van der Waals surface area contributed by atoms with Gasteiger partial charge in [-0.05, 0) is 30.3 Å². The summed E-state index contributed by atoms with van der Waals surface area (Å²) in [4.78, 5) is 16.0. The van der Waals surface area contributed by atoms with Crippen molar-refractivity contribution < 1.29 is 4.79 Å². The van der Waals surface area contributed by atoms with E-state index in [9.17, 15) is 4.79 Å². The third-order valence-electron chi connectivity index (χ3n) is 3.82. The van der Waals surface area contributed by atoms with E-state index in [0.29, 0.717) is 11.3 Å². The quantitative estimate of drug-likeness (QED) is 0.826. The Labute approximate surface area is 123 Å². The van der Waals surface area contributed by atoms with Crippen molar-refractivity contribution in [2.45, 2.75) is 0 Å². The molecule has 108 valence electrons. The molecule has 0 bridgehead atoms. The van der Waals surface area contributed by atoms with Crippen LogP contribution in [0.15, 0.2) is 42.5 Å². The molecule has 1 heterocycles. The van der Waals surface area contributed by atoms with Crippen molar-refractivity contribution >= 4 is 28.7 Å². The van der Waals surface area contributed by atoms with Crippen LogP contribution in [0.2, 0.25) is 0 Å². The number of fused-ring (bicyclic) bond motifs is 1. The standard InChI is InChI=1S/C16H18N4O/c1-19-8-9-20(14-5-3-2-4-13(14)19)15-10-11(17)6-7-12(15)16(18)21/h2-7,10H,8-9,17H2,1H3,(H2,18,21). The number of likely N-dealkylation sites (N-methyl/N-ethyl adjacent to an activating group) is 1. The summed E-state index contributed by atoms with van der Waals surface area (Å²) >= 11 is 0. The van der Waals surface area contributed by atoms with Gasteiger partial charge in [0, 0.05) is 25.8 Å². The molecule has 0 atom stereocenters. The number of nitrogens with zero attached hydrogens (tertiary/aromatic N) is 2. The van der Waals surface area contributed by atoms with Gasteiger partial charge in [0.05, 0.1) is 22.6 Å². The van der Waals surface area contributed by atoms with Gasteiger partial charge in [0.2, 0.25) is 0 Å². The highest BCUT2D eigenvalue weighted by Gasteiger charge is 2.24. The number of hydrogen-bond acceptors (Lipinski definition) is 4. The van der Waals surface area contributed by atoms with E-state index in [1.165, 1.54) is 0 Å². The summed E-state index contributed by atoms with van der Waals surface area (Å²) in [5.74, 6) is -0.443. The second-order valence-electron chi connectivity index (χ2n) is 5.20. The number of benzene rings is 2. The summed E-state index contributed by atoms with van der Waals surface area (Å²) in [5.41, 5.74) is 15.4.